The Morgan fingerprint density at radius 1 is 1.29 bits per heavy atom. The van der Waals surface area contributed by atoms with Crippen LogP contribution in [0.1, 0.15) is 12.0 Å². The van der Waals surface area contributed by atoms with Gasteiger partial charge < -0.3 is 4.90 Å². The summed E-state index contributed by atoms with van der Waals surface area (Å²) in [6, 6.07) is 8.27. The SMILES string of the molecule is CN(C)CCC(=O)Cc1csc2ccccc12. The van der Waals surface area contributed by atoms with Gasteiger partial charge in [-0.2, -0.15) is 0 Å². The van der Waals surface area contributed by atoms with Crippen molar-refractivity contribution in [1.82, 2.24) is 4.90 Å². The molecule has 1 aromatic heterocycles. The van der Waals surface area contributed by atoms with Crippen LogP contribution >= 0.6 is 11.3 Å². The largest absolute Gasteiger partial charge is 0.309 e. The van der Waals surface area contributed by atoms with E-state index in [1.807, 2.05) is 31.1 Å². The summed E-state index contributed by atoms with van der Waals surface area (Å²) in [5.41, 5.74) is 1.18. The molecule has 0 aliphatic carbocycles. The minimum Gasteiger partial charge on any atom is -0.309 e. The molecule has 0 radical (unpaired) electrons. The van der Waals surface area contributed by atoms with Gasteiger partial charge in [-0.15, -0.1) is 11.3 Å². The fourth-order valence-corrected chi connectivity index (χ4v) is 2.78. The maximum Gasteiger partial charge on any atom is 0.138 e. The van der Waals surface area contributed by atoms with Gasteiger partial charge in [0.15, 0.2) is 0 Å². The molecule has 17 heavy (non-hydrogen) atoms. The van der Waals surface area contributed by atoms with Crippen LogP contribution in [0.5, 0.6) is 0 Å². The van der Waals surface area contributed by atoms with Gasteiger partial charge in [-0.25, -0.2) is 0 Å². The van der Waals surface area contributed by atoms with E-state index in [0.717, 1.165) is 6.54 Å². The van der Waals surface area contributed by atoms with Gasteiger partial charge >= 0.3 is 0 Å². The quantitative estimate of drug-likeness (QED) is 0.809. The number of rotatable bonds is 5. The molecule has 0 fully saturated rings. The summed E-state index contributed by atoms with van der Waals surface area (Å²) in [5.74, 6) is 0.322. The molecule has 0 bridgehead atoms. The molecule has 3 heteroatoms. The van der Waals surface area contributed by atoms with E-state index in [-0.39, 0.29) is 0 Å². The highest BCUT2D eigenvalue weighted by atomic mass is 32.1. The third-order valence-corrected chi connectivity index (χ3v) is 3.80. The molecule has 0 saturated heterocycles. The Balaban J connectivity index is 2.06. The number of thiophene rings is 1. The van der Waals surface area contributed by atoms with Crippen LogP contribution in [0.3, 0.4) is 0 Å². The standard InChI is InChI=1S/C14H17NOS/c1-15(2)8-7-12(16)9-11-10-17-14-6-4-3-5-13(11)14/h3-6,10H,7-9H2,1-2H3. The fraction of sp³-hybridized carbons (Fsp3) is 0.357. The molecule has 0 amide bonds. The lowest BCUT2D eigenvalue weighted by molar-refractivity contribution is -0.118. The number of fused-ring (bicyclic) bond motifs is 1. The lowest BCUT2D eigenvalue weighted by Crippen LogP contribution is -2.17. The number of nitrogens with zero attached hydrogens (tertiary/aromatic N) is 1. The number of hydrogen-bond donors (Lipinski definition) is 0. The first-order valence-corrected chi connectivity index (χ1v) is 6.66. The summed E-state index contributed by atoms with van der Waals surface area (Å²) in [6.07, 6.45) is 1.20. The molecule has 2 nitrogen and oxygen atoms in total. The molecule has 2 rings (SSSR count). The van der Waals surface area contributed by atoms with Crippen molar-refractivity contribution >= 4 is 27.2 Å². The van der Waals surface area contributed by atoms with Crippen molar-refractivity contribution in [3.63, 3.8) is 0 Å². The highest BCUT2D eigenvalue weighted by Gasteiger charge is 2.08. The summed E-state index contributed by atoms with van der Waals surface area (Å²) in [7, 11) is 3.99. The average molecular weight is 247 g/mol. The van der Waals surface area contributed by atoms with Gasteiger partial charge in [0.2, 0.25) is 0 Å². The Morgan fingerprint density at radius 2 is 2.06 bits per heavy atom. The highest BCUT2D eigenvalue weighted by molar-refractivity contribution is 7.17. The van der Waals surface area contributed by atoms with Crippen molar-refractivity contribution in [3.8, 4) is 0 Å². The Hall–Kier alpha value is -1.19. The van der Waals surface area contributed by atoms with Crippen LogP contribution < -0.4 is 0 Å². The Bertz CT molecular complexity index is 516. The van der Waals surface area contributed by atoms with Crippen molar-refractivity contribution < 1.29 is 4.79 Å². The molecular formula is C14H17NOS. The molecule has 0 aliphatic rings. The molecule has 0 N–H and O–H groups in total. The smallest absolute Gasteiger partial charge is 0.138 e. The zero-order valence-electron chi connectivity index (χ0n) is 10.3. The molecule has 90 valence electrons. The maximum atomic E-state index is 11.8. The third kappa shape index (κ3) is 3.14. The summed E-state index contributed by atoms with van der Waals surface area (Å²) in [5, 5.41) is 3.34. The van der Waals surface area contributed by atoms with Gasteiger partial charge in [-0.1, -0.05) is 18.2 Å². The maximum absolute atomic E-state index is 11.8. The zero-order chi connectivity index (χ0) is 12.3. The van der Waals surface area contributed by atoms with E-state index in [0.29, 0.717) is 18.6 Å². The lowest BCUT2D eigenvalue weighted by atomic mass is 10.1. The predicted octanol–water partition coefficient (Wildman–Crippen LogP) is 2.96. The van der Waals surface area contributed by atoms with Gasteiger partial charge in [-0.05, 0) is 36.5 Å². The van der Waals surface area contributed by atoms with Crippen LogP contribution in [0.25, 0.3) is 10.1 Å². The topological polar surface area (TPSA) is 20.3 Å². The van der Waals surface area contributed by atoms with Gasteiger partial charge in [0.05, 0.1) is 0 Å². The summed E-state index contributed by atoms with van der Waals surface area (Å²) in [4.78, 5) is 13.9. The monoisotopic (exact) mass is 247 g/mol. The number of ketones is 1. The second-order valence-corrected chi connectivity index (χ2v) is 5.44. The van der Waals surface area contributed by atoms with E-state index >= 15 is 0 Å². The van der Waals surface area contributed by atoms with Crippen LogP contribution in [0, 0.1) is 0 Å². The predicted molar refractivity (Wildman–Crippen MR) is 73.7 cm³/mol. The first-order valence-electron chi connectivity index (χ1n) is 5.78. The van der Waals surface area contributed by atoms with Crippen LogP contribution in [0.4, 0.5) is 0 Å². The van der Waals surface area contributed by atoms with Crippen molar-refractivity contribution in [2.24, 2.45) is 0 Å². The van der Waals surface area contributed by atoms with E-state index in [1.165, 1.54) is 15.6 Å². The van der Waals surface area contributed by atoms with Crippen molar-refractivity contribution in [3.05, 3.63) is 35.2 Å². The van der Waals surface area contributed by atoms with E-state index < -0.39 is 0 Å². The molecule has 0 spiro atoms. The first-order chi connectivity index (χ1) is 8.16. The minimum absolute atomic E-state index is 0.322. The number of benzene rings is 1. The lowest BCUT2D eigenvalue weighted by Gasteiger charge is -2.07. The van der Waals surface area contributed by atoms with E-state index in [1.54, 1.807) is 11.3 Å². The average Bonchev–Trinajstić information content (AvgIpc) is 2.70. The highest BCUT2D eigenvalue weighted by Crippen LogP contribution is 2.26. The van der Waals surface area contributed by atoms with E-state index in [9.17, 15) is 4.79 Å². The summed E-state index contributed by atoms with van der Waals surface area (Å²) in [6.45, 7) is 0.834. The van der Waals surface area contributed by atoms with Gasteiger partial charge in [0.1, 0.15) is 5.78 Å². The van der Waals surface area contributed by atoms with Crippen molar-refractivity contribution in [2.75, 3.05) is 20.6 Å². The Labute approximate surface area is 106 Å². The molecule has 0 aliphatic heterocycles. The van der Waals surface area contributed by atoms with Gasteiger partial charge in [0.25, 0.3) is 0 Å². The van der Waals surface area contributed by atoms with Crippen LogP contribution in [-0.4, -0.2) is 31.3 Å². The molecule has 0 unspecified atom stereocenters. The first kappa shape index (κ1) is 12.3. The third-order valence-electron chi connectivity index (χ3n) is 2.79. The number of hydrogen-bond acceptors (Lipinski definition) is 3. The zero-order valence-corrected chi connectivity index (χ0v) is 11.1. The summed E-state index contributed by atoms with van der Waals surface area (Å²) >= 11 is 1.72. The molecule has 1 aromatic carbocycles. The second kappa shape index (κ2) is 5.43. The normalized spacial score (nSPS) is 11.2. The van der Waals surface area contributed by atoms with Crippen molar-refractivity contribution in [1.29, 1.82) is 0 Å². The second-order valence-electron chi connectivity index (χ2n) is 4.53. The number of carbonyl (C=O) groups is 1. The molecule has 1 heterocycles. The number of Topliss-reactive ketones (excluding diaryl/α,β-unsaturated/α-hetero) is 1. The van der Waals surface area contributed by atoms with Gasteiger partial charge in [-0.3, -0.25) is 4.79 Å². The van der Waals surface area contributed by atoms with Crippen LogP contribution in [0.15, 0.2) is 29.6 Å². The molecular weight excluding hydrogens is 230 g/mol. The van der Waals surface area contributed by atoms with Crippen LogP contribution in [0.2, 0.25) is 0 Å². The Morgan fingerprint density at radius 3 is 2.82 bits per heavy atom. The molecule has 0 atom stereocenters. The van der Waals surface area contributed by atoms with E-state index in [2.05, 4.69) is 17.5 Å². The summed E-state index contributed by atoms with van der Waals surface area (Å²) < 4.78 is 1.27. The van der Waals surface area contributed by atoms with E-state index in [4.69, 9.17) is 0 Å². The Kier molecular flexibility index (Phi) is 3.92. The molecule has 2 aromatic rings. The van der Waals surface area contributed by atoms with Crippen LogP contribution in [-0.2, 0) is 11.2 Å². The van der Waals surface area contributed by atoms with Gasteiger partial charge in [0, 0.05) is 24.1 Å². The minimum atomic E-state index is 0.322. The number of carbonyl (C=O) groups excluding carboxylic acids is 1. The van der Waals surface area contributed by atoms with Crippen molar-refractivity contribution in [2.45, 2.75) is 12.8 Å². The fourth-order valence-electron chi connectivity index (χ4n) is 1.82. The molecule has 0 saturated carbocycles.